The lowest BCUT2D eigenvalue weighted by Crippen LogP contribution is -2.26. The standard InChI is InChI=1S/C21H21N5O2/c1-13-10-14(2)26(25-13)18-6-4-16(5-7-18)15(3)22-21(27)20-11-19(23-24-20)17-8-9-28-12-17/h4-12,15H,1-3H3,(H,22,27)(H,23,24). The summed E-state index contributed by atoms with van der Waals surface area (Å²) in [5, 5.41) is 14.4. The first-order chi connectivity index (χ1) is 13.5. The highest BCUT2D eigenvalue weighted by Gasteiger charge is 2.15. The predicted octanol–water partition coefficient (Wildman–Crippen LogP) is 3.96. The number of hydrogen-bond donors (Lipinski definition) is 2. The van der Waals surface area contributed by atoms with Gasteiger partial charge < -0.3 is 9.73 Å². The van der Waals surface area contributed by atoms with Gasteiger partial charge in [-0.15, -0.1) is 0 Å². The highest BCUT2D eigenvalue weighted by molar-refractivity contribution is 5.93. The van der Waals surface area contributed by atoms with E-state index in [2.05, 4.69) is 20.6 Å². The Kier molecular flexibility index (Phi) is 4.57. The maximum absolute atomic E-state index is 12.5. The van der Waals surface area contributed by atoms with Crippen LogP contribution in [0.2, 0.25) is 0 Å². The summed E-state index contributed by atoms with van der Waals surface area (Å²) >= 11 is 0. The first-order valence-electron chi connectivity index (χ1n) is 9.04. The molecule has 3 heterocycles. The average Bonchev–Trinajstić information content (AvgIpc) is 3.42. The number of furan rings is 1. The summed E-state index contributed by atoms with van der Waals surface area (Å²) in [5.74, 6) is -0.211. The Morgan fingerprint density at radius 1 is 1.18 bits per heavy atom. The van der Waals surface area contributed by atoms with Gasteiger partial charge in [0.2, 0.25) is 0 Å². The Balaban J connectivity index is 1.45. The van der Waals surface area contributed by atoms with Gasteiger partial charge in [-0.1, -0.05) is 12.1 Å². The summed E-state index contributed by atoms with van der Waals surface area (Å²) in [7, 11) is 0. The lowest BCUT2D eigenvalue weighted by atomic mass is 10.1. The van der Waals surface area contributed by atoms with Crippen molar-refractivity contribution >= 4 is 5.91 Å². The number of aromatic amines is 1. The molecule has 0 aliphatic heterocycles. The number of aryl methyl sites for hydroxylation is 2. The Morgan fingerprint density at radius 3 is 2.61 bits per heavy atom. The number of hydrogen-bond acceptors (Lipinski definition) is 4. The zero-order valence-electron chi connectivity index (χ0n) is 15.9. The zero-order valence-corrected chi connectivity index (χ0v) is 15.9. The molecule has 0 saturated carbocycles. The van der Waals surface area contributed by atoms with Gasteiger partial charge in [0.05, 0.1) is 35.6 Å². The first kappa shape index (κ1) is 17.8. The van der Waals surface area contributed by atoms with Gasteiger partial charge in [-0.25, -0.2) is 4.68 Å². The maximum Gasteiger partial charge on any atom is 0.269 e. The van der Waals surface area contributed by atoms with Crippen molar-refractivity contribution in [2.24, 2.45) is 0 Å². The summed E-state index contributed by atoms with van der Waals surface area (Å²) in [6.45, 7) is 5.95. The molecule has 1 aromatic carbocycles. The van der Waals surface area contributed by atoms with Gasteiger partial charge in [0.25, 0.3) is 5.91 Å². The maximum atomic E-state index is 12.5. The molecule has 7 nitrogen and oxygen atoms in total. The number of rotatable bonds is 5. The molecule has 0 fully saturated rings. The van der Waals surface area contributed by atoms with Crippen molar-refractivity contribution in [2.75, 3.05) is 0 Å². The summed E-state index contributed by atoms with van der Waals surface area (Å²) in [6.07, 6.45) is 3.16. The van der Waals surface area contributed by atoms with Crippen molar-refractivity contribution in [2.45, 2.75) is 26.8 Å². The molecular weight excluding hydrogens is 354 g/mol. The van der Waals surface area contributed by atoms with Crippen molar-refractivity contribution in [3.05, 3.63) is 77.6 Å². The highest BCUT2D eigenvalue weighted by atomic mass is 16.3. The molecule has 0 aliphatic carbocycles. The Bertz CT molecular complexity index is 1090. The monoisotopic (exact) mass is 375 g/mol. The second-order valence-corrected chi connectivity index (χ2v) is 6.80. The molecule has 4 rings (SSSR count). The molecule has 0 saturated heterocycles. The molecule has 0 radical (unpaired) electrons. The van der Waals surface area contributed by atoms with Gasteiger partial charge >= 0.3 is 0 Å². The topological polar surface area (TPSA) is 88.7 Å². The minimum absolute atomic E-state index is 0.150. The summed E-state index contributed by atoms with van der Waals surface area (Å²) in [4.78, 5) is 12.5. The van der Waals surface area contributed by atoms with Crippen LogP contribution in [0, 0.1) is 13.8 Å². The van der Waals surface area contributed by atoms with Crippen LogP contribution in [0.25, 0.3) is 16.9 Å². The van der Waals surface area contributed by atoms with E-state index in [1.165, 1.54) is 0 Å². The third-order valence-corrected chi connectivity index (χ3v) is 4.63. The summed E-state index contributed by atoms with van der Waals surface area (Å²) in [5.41, 5.74) is 5.96. The van der Waals surface area contributed by atoms with Gasteiger partial charge in [0.1, 0.15) is 5.69 Å². The van der Waals surface area contributed by atoms with Crippen LogP contribution in [0.4, 0.5) is 0 Å². The predicted molar refractivity (Wildman–Crippen MR) is 105 cm³/mol. The van der Waals surface area contributed by atoms with Gasteiger partial charge in [-0.05, 0) is 56.7 Å². The zero-order chi connectivity index (χ0) is 19.7. The van der Waals surface area contributed by atoms with E-state index in [9.17, 15) is 4.79 Å². The number of carbonyl (C=O) groups is 1. The van der Waals surface area contributed by atoms with Crippen molar-refractivity contribution < 1.29 is 9.21 Å². The van der Waals surface area contributed by atoms with E-state index >= 15 is 0 Å². The fourth-order valence-corrected chi connectivity index (χ4v) is 3.15. The molecule has 7 heteroatoms. The van der Waals surface area contributed by atoms with Crippen LogP contribution >= 0.6 is 0 Å². The third kappa shape index (κ3) is 3.46. The second-order valence-electron chi connectivity index (χ2n) is 6.80. The number of nitrogens with one attached hydrogen (secondary N) is 2. The van der Waals surface area contributed by atoms with Crippen molar-refractivity contribution in [1.29, 1.82) is 0 Å². The Labute approximate surface area is 162 Å². The van der Waals surface area contributed by atoms with E-state index in [-0.39, 0.29) is 11.9 Å². The van der Waals surface area contributed by atoms with Crippen LogP contribution in [-0.2, 0) is 0 Å². The molecule has 1 unspecified atom stereocenters. The molecule has 3 aromatic heterocycles. The molecular formula is C21H21N5O2. The van der Waals surface area contributed by atoms with Crippen LogP contribution in [0.1, 0.15) is 40.4 Å². The van der Waals surface area contributed by atoms with Crippen LogP contribution in [-0.4, -0.2) is 25.9 Å². The third-order valence-electron chi connectivity index (χ3n) is 4.63. The normalized spacial score (nSPS) is 12.1. The van der Waals surface area contributed by atoms with Crippen LogP contribution in [0.5, 0.6) is 0 Å². The minimum atomic E-state index is -0.211. The van der Waals surface area contributed by atoms with E-state index in [0.29, 0.717) is 11.4 Å². The SMILES string of the molecule is Cc1cc(C)n(-c2ccc(C(C)NC(=O)c3cc(-c4ccoc4)n[nH]3)cc2)n1. The fraction of sp³-hybridized carbons (Fsp3) is 0.190. The van der Waals surface area contributed by atoms with E-state index in [4.69, 9.17) is 4.42 Å². The molecule has 28 heavy (non-hydrogen) atoms. The molecule has 1 atom stereocenters. The number of aromatic nitrogens is 4. The molecule has 0 aliphatic rings. The summed E-state index contributed by atoms with van der Waals surface area (Å²) < 4.78 is 6.96. The molecule has 4 aromatic rings. The molecule has 0 bridgehead atoms. The number of amides is 1. The van der Waals surface area contributed by atoms with Gasteiger partial charge in [0, 0.05) is 11.3 Å². The van der Waals surface area contributed by atoms with Crippen LogP contribution in [0.15, 0.2) is 59.4 Å². The van der Waals surface area contributed by atoms with E-state index in [1.807, 2.05) is 55.8 Å². The highest BCUT2D eigenvalue weighted by Crippen LogP contribution is 2.20. The van der Waals surface area contributed by atoms with Gasteiger partial charge in [-0.2, -0.15) is 10.2 Å². The smallest absolute Gasteiger partial charge is 0.269 e. The first-order valence-corrected chi connectivity index (χ1v) is 9.04. The Hall–Kier alpha value is -3.61. The van der Waals surface area contributed by atoms with Crippen molar-refractivity contribution in [3.63, 3.8) is 0 Å². The van der Waals surface area contributed by atoms with E-state index in [1.54, 1.807) is 24.7 Å². The van der Waals surface area contributed by atoms with E-state index < -0.39 is 0 Å². The second kappa shape index (κ2) is 7.19. The fourth-order valence-electron chi connectivity index (χ4n) is 3.15. The number of H-pyrrole nitrogens is 1. The molecule has 2 N–H and O–H groups in total. The lowest BCUT2D eigenvalue weighted by molar-refractivity contribution is 0.0935. The minimum Gasteiger partial charge on any atom is -0.472 e. The quantitative estimate of drug-likeness (QED) is 0.552. The van der Waals surface area contributed by atoms with E-state index in [0.717, 1.165) is 28.2 Å². The average molecular weight is 375 g/mol. The molecule has 142 valence electrons. The number of carbonyl (C=O) groups excluding carboxylic acids is 1. The lowest BCUT2D eigenvalue weighted by Gasteiger charge is -2.14. The molecule has 1 amide bonds. The van der Waals surface area contributed by atoms with Crippen LogP contribution < -0.4 is 5.32 Å². The largest absolute Gasteiger partial charge is 0.472 e. The number of benzene rings is 1. The van der Waals surface area contributed by atoms with Crippen molar-refractivity contribution in [3.8, 4) is 16.9 Å². The van der Waals surface area contributed by atoms with Gasteiger partial charge in [-0.3, -0.25) is 9.89 Å². The summed E-state index contributed by atoms with van der Waals surface area (Å²) in [6, 6.07) is 13.4. The number of nitrogens with zero attached hydrogens (tertiary/aromatic N) is 3. The van der Waals surface area contributed by atoms with Gasteiger partial charge in [0.15, 0.2) is 0 Å². The van der Waals surface area contributed by atoms with Crippen LogP contribution in [0.3, 0.4) is 0 Å². The van der Waals surface area contributed by atoms with Crippen molar-refractivity contribution in [1.82, 2.24) is 25.3 Å². The molecule has 0 spiro atoms. The Morgan fingerprint density at radius 2 is 1.96 bits per heavy atom.